The van der Waals surface area contributed by atoms with E-state index in [1.54, 1.807) is 25.4 Å². The van der Waals surface area contributed by atoms with Gasteiger partial charge < -0.3 is 10.2 Å². The van der Waals surface area contributed by atoms with Crippen LogP contribution in [0.15, 0.2) is 72.0 Å². The number of hydrogen-bond acceptors (Lipinski definition) is 7. The SMILES string of the molecule is CCS(=O)(=O)c1ccc(N2CCC(Nc3ncnc4c3cnn4-c3ccccc3)CC2)cc1. The number of para-hydroxylation sites is 1. The molecule has 1 N–H and O–H groups in total. The van der Waals surface area contributed by atoms with E-state index in [-0.39, 0.29) is 5.75 Å². The summed E-state index contributed by atoms with van der Waals surface area (Å²) in [6.07, 6.45) is 5.29. The van der Waals surface area contributed by atoms with Crippen LogP contribution in [0.2, 0.25) is 0 Å². The molecule has 2 aromatic heterocycles. The summed E-state index contributed by atoms with van der Waals surface area (Å²) in [5, 5.41) is 9.01. The highest BCUT2D eigenvalue weighted by molar-refractivity contribution is 7.91. The van der Waals surface area contributed by atoms with Gasteiger partial charge in [-0.3, -0.25) is 0 Å². The van der Waals surface area contributed by atoms with E-state index < -0.39 is 9.84 Å². The molecule has 0 atom stereocenters. The number of sulfone groups is 1. The van der Waals surface area contributed by atoms with E-state index in [2.05, 4.69) is 25.3 Å². The van der Waals surface area contributed by atoms with E-state index in [1.807, 2.05) is 53.3 Å². The normalized spacial score (nSPS) is 15.1. The molecule has 8 nitrogen and oxygen atoms in total. The molecule has 2 aromatic carbocycles. The predicted octanol–water partition coefficient (Wildman–Crippen LogP) is 3.69. The van der Waals surface area contributed by atoms with Crippen LogP contribution in [0.3, 0.4) is 0 Å². The standard InChI is InChI=1S/C24H26N6O2S/c1-2-33(31,32)21-10-8-19(9-11-21)29-14-12-18(13-15-29)28-23-22-16-27-30(24(22)26-17-25-23)20-6-4-3-5-7-20/h3-11,16-18H,2,12-15H2,1H3,(H,25,26,28). The second-order valence-electron chi connectivity index (χ2n) is 8.15. The molecule has 0 unspecified atom stereocenters. The van der Waals surface area contributed by atoms with E-state index >= 15 is 0 Å². The Morgan fingerprint density at radius 2 is 1.70 bits per heavy atom. The van der Waals surface area contributed by atoms with Crippen molar-refractivity contribution in [2.24, 2.45) is 0 Å². The van der Waals surface area contributed by atoms with Gasteiger partial charge >= 0.3 is 0 Å². The fourth-order valence-electron chi connectivity index (χ4n) is 4.22. The highest BCUT2D eigenvalue weighted by Crippen LogP contribution is 2.26. The number of hydrogen-bond donors (Lipinski definition) is 1. The molecule has 1 aliphatic rings. The van der Waals surface area contributed by atoms with Gasteiger partial charge in [0.05, 0.1) is 27.9 Å². The summed E-state index contributed by atoms with van der Waals surface area (Å²) in [5.74, 6) is 0.916. The second kappa shape index (κ2) is 8.82. The molecule has 1 saturated heterocycles. The Balaban J connectivity index is 1.27. The van der Waals surface area contributed by atoms with Crippen molar-refractivity contribution < 1.29 is 8.42 Å². The van der Waals surface area contributed by atoms with Crippen LogP contribution in [0.25, 0.3) is 16.7 Å². The van der Waals surface area contributed by atoms with Gasteiger partial charge in [-0.05, 0) is 49.2 Å². The van der Waals surface area contributed by atoms with Gasteiger partial charge in [0.25, 0.3) is 0 Å². The highest BCUT2D eigenvalue weighted by atomic mass is 32.2. The molecule has 1 fully saturated rings. The van der Waals surface area contributed by atoms with Gasteiger partial charge in [0.2, 0.25) is 0 Å². The largest absolute Gasteiger partial charge is 0.371 e. The first-order valence-corrected chi connectivity index (χ1v) is 12.8. The lowest BCUT2D eigenvalue weighted by atomic mass is 10.0. The molecule has 0 bridgehead atoms. The van der Waals surface area contributed by atoms with Crippen LogP contribution in [-0.4, -0.2) is 53.1 Å². The Morgan fingerprint density at radius 1 is 0.970 bits per heavy atom. The monoisotopic (exact) mass is 462 g/mol. The Kier molecular flexibility index (Phi) is 5.72. The van der Waals surface area contributed by atoms with Crippen LogP contribution in [0.4, 0.5) is 11.5 Å². The minimum absolute atomic E-state index is 0.115. The third kappa shape index (κ3) is 4.28. The zero-order valence-corrected chi connectivity index (χ0v) is 19.2. The minimum atomic E-state index is -3.17. The molecule has 0 saturated carbocycles. The Hall–Kier alpha value is -3.46. The van der Waals surface area contributed by atoms with Crippen LogP contribution in [0, 0.1) is 0 Å². The number of fused-ring (bicyclic) bond motifs is 1. The van der Waals surface area contributed by atoms with E-state index in [9.17, 15) is 8.42 Å². The molecule has 9 heteroatoms. The number of nitrogens with one attached hydrogen (secondary N) is 1. The van der Waals surface area contributed by atoms with E-state index in [4.69, 9.17) is 0 Å². The molecular formula is C24H26N6O2S. The maximum absolute atomic E-state index is 12.0. The van der Waals surface area contributed by atoms with E-state index in [0.29, 0.717) is 10.9 Å². The van der Waals surface area contributed by atoms with Crippen molar-refractivity contribution in [2.45, 2.75) is 30.7 Å². The molecule has 5 rings (SSSR count). The van der Waals surface area contributed by atoms with Crippen molar-refractivity contribution in [1.82, 2.24) is 19.7 Å². The van der Waals surface area contributed by atoms with Gasteiger partial charge in [-0.1, -0.05) is 25.1 Å². The van der Waals surface area contributed by atoms with Gasteiger partial charge in [0.15, 0.2) is 15.5 Å². The number of aromatic nitrogens is 4. The predicted molar refractivity (Wildman–Crippen MR) is 130 cm³/mol. The lowest BCUT2D eigenvalue weighted by molar-refractivity contribution is 0.526. The van der Waals surface area contributed by atoms with Crippen molar-refractivity contribution in [3.8, 4) is 5.69 Å². The maximum Gasteiger partial charge on any atom is 0.178 e. The minimum Gasteiger partial charge on any atom is -0.371 e. The molecule has 0 amide bonds. The summed E-state index contributed by atoms with van der Waals surface area (Å²) in [6, 6.07) is 17.5. The van der Waals surface area contributed by atoms with Gasteiger partial charge in [0, 0.05) is 24.8 Å². The molecule has 0 spiro atoms. The van der Waals surface area contributed by atoms with Crippen molar-refractivity contribution in [2.75, 3.05) is 29.1 Å². The molecule has 170 valence electrons. The molecule has 33 heavy (non-hydrogen) atoms. The van der Waals surface area contributed by atoms with Crippen molar-refractivity contribution in [1.29, 1.82) is 0 Å². The van der Waals surface area contributed by atoms with Crippen LogP contribution in [-0.2, 0) is 9.84 Å². The van der Waals surface area contributed by atoms with Crippen molar-refractivity contribution in [3.63, 3.8) is 0 Å². The summed E-state index contributed by atoms with van der Waals surface area (Å²) < 4.78 is 25.9. The molecule has 0 radical (unpaired) electrons. The van der Waals surface area contributed by atoms with E-state index in [1.165, 1.54) is 0 Å². The number of piperidine rings is 1. The summed E-state index contributed by atoms with van der Waals surface area (Å²) in [7, 11) is -3.17. The zero-order chi connectivity index (χ0) is 22.8. The fraction of sp³-hybridized carbons (Fsp3) is 0.292. The number of nitrogens with zero attached hydrogens (tertiary/aromatic N) is 5. The molecule has 3 heterocycles. The Morgan fingerprint density at radius 3 is 2.39 bits per heavy atom. The second-order valence-corrected chi connectivity index (χ2v) is 10.4. The Labute approximate surface area is 193 Å². The van der Waals surface area contributed by atoms with Crippen molar-refractivity contribution in [3.05, 3.63) is 67.1 Å². The molecular weight excluding hydrogens is 436 g/mol. The topological polar surface area (TPSA) is 93.0 Å². The van der Waals surface area contributed by atoms with Crippen LogP contribution < -0.4 is 10.2 Å². The highest BCUT2D eigenvalue weighted by Gasteiger charge is 2.22. The summed E-state index contributed by atoms with van der Waals surface area (Å²) in [5.41, 5.74) is 2.79. The van der Waals surface area contributed by atoms with Crippen LogP contribution in [0.5, 0.6) is 0 Å². The Bertz CT molecular complexity index is 1350. The average molecular weight is 463 g/mol. The van der Waals surface area contributed by atoms with Gasteiger partial charge in [-0.2, -0.15) is 5.10 Å². The molecule has 4 aromatic rings. The van der Waals surface area contributed by atoms with Gasteiger partial charge in [0.1, 0.15) is 12.1 Å². The average Bonchev–Trinajstić information content (AvgIpc) is 3.30. The fourth-order valence-corrected chi connectivity index (χ4v) is 5.11. The van der Waals surface area contributed by atoms with Crippen LogP contribution >= 0.6 is 0 Å². The van der Waals surface area contributed by atoms with Crippen LogP contribution in [0.1, 0.15) is 19.8 Å². The first-order chi connectivity index (χ1) is 16.0. The summed E-state index contributed by atoms with van der Waals surface area (Å²) in [6.45, 7) is 3.43. The summed E-state index contributed by atoms with van der Waals surface area (Å²) >= 11 is 0. The van der Waals surface area contributed by atoms with Gasteiger partial charge in [-0.15, -0.1) is 0 Å². The third-order valence-electron chi connectivity index (χ3n) is 6.14. The maximum atomic E-state index is 12.0. The lowest BCUT2D eigenvalue weighted by Crippen LogP contribution is -2.39. The number of benzene rings is 2. The number of rotatable bonds is 6. The smallest absolute Gasteiger partial charge is 0.178 e. The summed E-state index contributed by atoms with van der Waals surface area (Å²) in [4.78, 5) is 11.6. The number of anilines is 2. The lowest BCUT2D eigenvalue weighted by Gasteiger charge is -2.34. The quantitative estimate of drug-likeness (QED) is 0.467. The van der Waals surface area contributed by atoms with Crippen molar-refractivity contribution >= 4 is 32.4 Å². The zero-order valence-electron chi connectivity index (χ0n) is 18.4. The molecule has 0 aliphatic carbocycles. The van der Waals surface area contributed by atoms with E-state index in [0.717, 1.165) is 54.2 Å². The first-order valence-electron chi connectivity index (χ1n) is 11.1. The molecule has 1 aliphatic heterocycles. The first kappa shape index (κ1) is 21.4. The van der Waals surface area contributed by atoms with Gasteiger partial charge in [-0.25, -0.2) is 23.1 Å². The third-order valence-corrected chi connectivity index (χ3v) is 7.89.